The number of benzene rings is 1. The van der Waals surface area contributed by atoms with Crippen LogP contribution < -0.4 is 0 Å². The van der Waals surface area contributed by atoms with Crippen molar-refractivity contribution in [3.63, 3.8) is 0 Å². The van der Waals surface area contributed by atoms with Crippen molar-refractivity contribution in [2.75, 3.05) is 17.3 Å². The third kappa shape index (κ3) is 5.38. The third-order valence-electron chi connectivity index (χ3n) is 4.18. The van der Waals surface area contributed by atoms with Crippen molar-refractivity contribution < 1.29 is 22.0 Å². The average molecular weight is 398 g/mol. The molecule has 6 nitrogen and oxygen atoms in total. The highest BCUT2D eigenvalue weighted by Gasteiger charge is 2.29. The topological polar surface area (TPSA) is 90.1 Å². The van der Waals surface area contributed by atoms with Crippen LogP contribution >= 0.6 is 11.8 Å². The number of thioether (sulfide) groups is 1. The van der Waals surface area contributed by atoms with E-state index in [-0.39, 0.29) is 29.0 Å². The Bertz CT molecular complexity index is 865. The first kappa shape index (κ1) is 19.0. The molecule has 1 unspecified atom stereocenters. The molecule has 0 spiro atoms. The van der Waals surface area contributed by atoms with E-state index in [0.29, 0.717) is 48.1 Å². The van der Waals surface area contributed by atoms with Gasteiger partial charge in [0, 0.05) is 24.2 Å². The van der Waals surface area contributed by atoms with Crippen LogP contribution in [0.2, 0.25) is 0 Å². The monoisotopic (exact) mass is 398 g/mol. The van der Waals surface area contributed by atoms with Crippen LogP contribution in [-0.2, 0) is 16.3 Å². The number of ketones is 1. The van der Waals surface area contributed by atoms with Gasteiger partial charge in [0.15, 0.2) is 15.6 Å². The van der Waals surface area contributed by atoms with E-state index >= 15 is 0 Å². The second kappa shape index (κ2) is 8.30. The fourth-order valence-electron chi connectivity index (χ4n) is 2.83. The number of carbonyl (C=O) groups is 1. The maximum absolute atomic E-state index is 12.8. The van der Waals surface area contributed by atoms with Gasteiger partial charge in [-0.05, 0) is 43.0 Å². The van der Waals surface area contributed by atoms with Gasteiger partial charge in [0.25, 0.3) is 5.22 Å². The number of Topliss-reactive ketones (excluding diaryl/α,β-unsaturated/α-hetero) is 1. The van der Waals surface area contributed by atoms with E-state index < -0.39 is 9.84 Å². The molecule has 0 bridgehead atoms. The van der Waals surface area contributed by atoms with Crippen LogP contribution in [0.5, 0.6) is 0 Å². The molecule has 26 heavy (non-hydrogen) atoms. The molecule has 0 aliphatic carbocycles. The SMILES string of the molecule is O=C(CCCSc1nnc(CC2CCS(=O)(=O)C2)o1)c1ccc(F)cc1. The summed E-state index contributed by atoms with van der Waals surface area (Å²) in [6.45, 7) is 0. The molecule has 2 heterocycles. The molecular formula is C17H19FN2O4S2. The summed E-state index contributed by atoms with van der Waals surface area (Å²) in [5.74, 6) is 1.17. The maximum atomic E-state index is 12.8. The zero-order valence-corrected chi connectivity index (χ0v) is 15.7. The molecule has 1 aliphatic rings. The van der Waals surface area contributed by atoms with Crippen LogP contribution in [0.3, 0.4) is 0 Å². The quantitative estimate of drug-likeness (QED) is 0.384. The minimum atomic E-state index is -2.91. The zero-order valence-electron chi connectivity index (χ0n) is 14.1. The Labute approximate surface area is 155 Å². The van der Waals surface area contributed by atoms with Gasteiger partial charge in [0.2, 0.25) is 5.89 Å². The number of nitrogens with zero attached hydrogens (tertiary/aromatic N) is 2. The van der Waals surface area contributed by atoms with Crippen molar-refractivity contribution in [3.8, 4) is 0 Å². The van der Waals surface area contributed by atoms with Gasteiger partial charge in [-0.2, -0.15) is 0 Å². The van der Waals surface area contributed by atoms with Crippen LogP contribution in [0.1, 0.15) is 35.5 Å². The van der Waals surface area contributed by atoms with Crippen molar-refractivity contribution >= 4 is 27.4 Å². The zero-order chi connectivity index (χ0) is 18.6. The van der Waals surface area contributed by atoms with Gasteiger partial charge in [0.05, 0.1) is 11.5 Å². The van der Waals surface area contributed by atoms with E-state index in [2.05, 4.69) is 10.2 Å². The molecule has 9 heteroatoms. The van der Waals surface area contributed by atoms with Crippen molar-refractivity contribution in [1.82, 2.24) is 10.2 Å². The van der Waals surface area contributed by atoms with Gasteiger partial charge in [-0.25, -0.2) is 12.8 Å². The highest BCUT2D eigenvalue weighted by atomic mass is 32.2. The third-order valence-corrected chi connectivity index (χ3v) is 6.92. The Kier molecular flexibility index (Phi) is 6.08. The van der Waals surface area contributed by atoms with Crippen molar-refractivity contribution in [2.24, 2.45) is 5.92 Å². The number of sulfone groups is 1. The molecule has 0 radical (unpaired) electrons. The maximum Gasteiger partial charge on any atom is 0.276 e. The lowest BCUT2D eigenvalue weighted by molar-refractivity contribution is 0.0982. The second-order valence-electron chi connectivity index (χ2n) is 6.32. The van der Waals surface area contributed by atoms with Crippen LogP contribution in [0.25, 0.3) is 0 Å². The summed E-state index contributed by atoms with van der Waals surface area (Å²) < 4.78 is 41.3. The number of halogens is 1. The van der Waals surface area contributed by atoms with Crippen LogP contribution in [-0.4, -0.2) is 41.7 Å². The van der Waals surface area contributed by atoms with Gasteiger partial charge in [0.1, 0.15) is 5.82 Å². The number of hydrogen-bond donors (Lipinski definition) is 0. The number of hydrogen-bond acceptors (Lipinski definition) is 7. The number of carbonyl (C=O) groups excluding carboxylic acids is 1. The molecule has 0 saturated carbocycles. The first-order valence-corrected chi connectivity index (χ1v) is 11.2. The molecule has 1 fully saturated rings. The lowest BCUT2D eigenvalue weighted by Crippen LogP contribution is -2.07. The first-order chi connectivity index (χ1) is 12.4. The summed E-state index contributed by atoms with van der Waals surface area (Å²) in [5.41, 5.74) is 0.503. The van der Waals surface area contributed by atoms with E-state index in [4.69, 9.17) is 4.42 Å². The van der Waals surface area contributed by atoms with Crippen LogP contribution in [0.4, 0.5) is 4.39 Å². The molecule has 2 aromatic rings. The predicted octanol–water partition coefficient (Wildman–Crippen LogP) is 2.94. The van der Waals surface area contributed by atoms with Crippen LogP contribution in [0, 0.1) is 11.7 Å². The Hall–Kier alpha value is -1.74. The van der Waals surface area contributed by atoms with Gasteiger partial charge in [-0.1, -0.05) is 11.8 Å². The van der Waals surface area contributed by atoms with E-state index in [0.717, 1.165) is 0 Å². The van der Waals surface area contributed by atoms with Crippen LogP contribution in [0.15, 0.2) is 33.9 Å². The lowest BCUT2D eigenvalue weighted by Gasteiger charge is -2.02. The average Bonchev–Trinajstić information content (AvgIpc) is 3.18. The number of rotatable bonds is 8. The highest BCUT2D eigenvalue weighted by Crippen LogP contribution is 2.24. The molecule has 1 aliphatic heterocycles. The minimum absolute atomic E-state index is 0.0285. The molecule has 3 rings (SSSR count). The second-order valence-corrected chi connectivity index (χ2v) is 9.59. The molecule has 0 N–H and O–H groups in total. The fourth-order valence-corrected chi connectivity index (χ4v) is 5.41. The Morgan fingerprint density at radius 1 is 1.27 bits per heavy atom. The summed E-state index contributed by atoms with van der Waals surface area (Å²) in [4.78, 5) is 12.0. The largest absolute Gasteiger partial charge is 0.416 e. The fraction of sp³-hybridized carbons (Fsp3) is 0.471. The van der Waals surface area contributed by atoms with Gasteiger partial charge < -0.3 is 4.42 Å². The Morgan fingerprint density at radius 3 is 2.73 bits per heavy atom. The van der Waals surface area contributed by atoms with Gasteiger partial charge >= 0.3 is 0 Å². The highest BCUT2D eigenvalue weighted by molar-refractivity contribution is 7.99. The van der Waals surface area contributed by atoms with E-state index in [1.807, 2.05) is 0 Å². The Morgan fingerprint density at radius 2 is 2.04 bits per heavy atom. The summed E-state index contributed by atoms with van der Waals surface area (Å²) in [7, 11) is -2.91. The molecule has 140 valence electrons. The molecule has 1 aromatic carbocycles. The first-order valence-electron chi connectivity index (χ1n) is 8.36. The minimum Gasteiger partial charge on any atom is -0.416 e. The van der Waals surface area contributed by atoms with E-state index in [1.165, 1.54) is 36.0 Å². The molecule has 1 aromatic heterocycles. The predicted molar refractivity (Wildman–Crippen MR) is 95.5 cm³/mol. The smallest absolute Gasteiger partial charge is 0.276 e. The lowest BCUT2D eigenvalue weighted by atomic mass is 10.1. The van der Waals surface area contributed by atoms with Crippen molar-refractivity contribution in [2.45, 2.75) is 30.9 Å². The molecule has 0 amide bonds. The summed E-state index contributed by atoms with van der Waals surface area (Å²) in [5, 5.41) is 8.34. The Balaban J connectivity index is 1.39. The summed E-state index contributed by atoms with van der Waals surface area (Å²) in [6.07, 6.45) is 2.12. The van der Waals surface area contributed by atoms with Crippen molar-refractivity contribution in [1.29, 1.82) is 0 Å². The molecule has 1 saturated heterocycles. The summed E-state index contributed by atoms with van der Waals surface area (Å²) in [6, 6.07) is 5.52. The van der Waals surface area contributed by atoms with Gasteiger partial charge in [-0.3, -0.25) is 4.79 Å². The molecule has 1 atom stereocenters. The summed E-state index contributed by atoms with van der Waals surface area (Å²) >= 11 is 1.37. The van der Waals surface area contributed by atoms with E-state index in [9.17, 15) is 17.6 Å². The van der Waals surface area contributed by atoms with E-state index in [1.54, 1.807) is 0 Å². The normalized spacial score (nSPS) is 18.9. The van der Waals surface area contributed by atoms with Gasteiger partial charge in [-0.15, -0.1) is 10.2 Å². The van der Waals surface area contributed by atoms with Crippen molar-refractivity contribution in [3.05, 3.63) is 41.5 Å². The standard InChI is InChI=1S/C17H19FN2O4S2/c18-14-5-3-13(4-6-14)15(21)2-1-8-25-17-20-19-16(24-17)10-12-7-9-26(22,23)11-12/h3-6,12H,1-2,7-11H2. The number of aromatic nitrogens is 2. The molecular weight excluding hydrogens is 379 g/mol.